The minimum atomic E-state index is -1.06. The fourth-order valence-electron chi connectivity index (χ4n) is 1.46. The Hall–Kier alpha value is -2.34. The molecule has 98 valence electrons. The van der Waals surface area contributed by atoms with Crippen molar-refractivity contribution in [1.82, 2.24) is 0 Å². The van der Waals surface area contributed by atoms with Crippen molar-refractivity contribution in [1.29, 1.82) is 0 Å². The maximum absolute atomic E-state index is 11.7. The highest BCUT2D eigenvalue weighted by Crippen LogP contribution is 2.27. The van der Waals surface area contributed by atoms with Crippen molar-refractivity contribution < 1.29 is 19.1 Å². The Balaban J connectivity index is 2.09. The molecule has 0 aliphatic carbocycles. The Morgan fingerprint density at radius 1 is 1.47 bits per heavy atom. The highest BCUT2D eigenvalue weighted by molar-refractivity contribution is 7.16. The number of hydrogen-bond donors (Lipinski definition) is 2. The summed E-state index contributed by atoms with van der Waals surface area (Å²) in [5, 5.41) is 11.9. The second kappa shape index (κ2) is 5.53. The summed E-state index contributed by atoms with van der Waals surface area (Å²) in [6.45, 7) is 1.78. The van der Waals surface area contributed by atoms with E-state index in [1.54, 1.807) is 19.1 Å². The minimum absolute atomic E-state index is 0.0993. The van der Waals surface area contributed by atoms with Crippen LogP contribution in [0.5, 0.6) is 0 Å². The van der Waals surface area contributed by atoms with E-state index in [1.165, 1.54) is 35.8 Å². The SMILES string of the molecule is Cc1cc(C(=O)O)c(NC(=O)/C=C/c2ccco2)s1. The van der Waals surface area contributed by atoms with Gasteiger partial charge in [-0.25, -0.2) is 4.79 Å². The third-order valence-electron chi connectivity index (χ3n) is 2.26. The van der Waals surface area contributed by atoms with Crippen molar-refractivity contribution >= 4 is 34.3 Å². The van der Waals surface area contributed by atoms with Gasteiger partial charge >= 0.3 is 5.97 Å². The summed E-state index contributed by atoms with van der Waals surface area (Å²) in [5.74, 6) is -0.911. The zero-order chi connectivity index (χ0) is 13.8. The van der Waals surface area contributed by atoms with Crippen molar-refractivity contribution in [2.45, 2.75) is 6.92 Å². The van der Waals surface area contributed by atoms with Crippen molar-refractivity contribution in [3.8, 4) is 0 Å². The Kier molecular flexibility index (Phi) is 3.82. The third kappa shape index (κ3) is 3.32. The molecule has 0 atom stereocenters. The van der Waals surface area contributed by atoms with Crippen LogP contribution in [0.15, 0.2) is 35.0 Å². The fraction of sp³-hybridized carbons (Fsp3) is 0.0769. The number of carboxylic acids is 1. The summed E-state index contributed by atoms with van der Waals surface area (Å²) < 4.78 is 5.04. The Labute approximate surface area is 113 Å². The number of carbonyl (C=O) groups is 2. The molecule has 0 saturated carbocycles. The number of nitrogens with one attached hydrogen (secondary N) is 1. The summed E-state index contributed by atoms with van der Waals surface area (Å²) in [5.41, 5.74) is 0.0993. The first-order valence-corrected chi connectivity index (χ1v) is 6.24. The van der Waals surface area contributed by atoms with Crippen molar-refractivity contribution in [3.05, 3.63) is 46.7 Å². The van der Waals surface area contributed by atoms with E-state index < -0.39 is 11.9 Å². The normalized spacial score (nSPS) is 10.8. The van der Waals surface area contributed by atoms with Crippen LogP contribution < -0.4 is 5.32 Å². The maximum atomic E-state index is 11.7. The van der Waals surface area contributed by atoms with Gasteiger partial charge in [0.1, 0.15) is 10.8 Å². The summed E-state index contributed by atoms with van der Waals surface area (Å²) in [4.78, 5) is 23.5. The first-order chi connectivity index (χ1) is 9.06. The molecule has 2 aromatic heterocycles. The molecule has 2 heterocycles. The standard InChI is InChI=1S/C13H11NO4S/c1-8-7-10(13(16)17)12(19-8)14-11(15)5-4-9-3-2-6-18-9/h2-7H,1H3,(H,14,15)(H,16,17)/b5-4+. The molecule has 1 amide bonds. The zero-order valence-electron chi connectivity index (χ0n) is 10.0. The lowest BCUT2D eigenvalue weighted by Crippen LogP contribution is -2.09. The van der Waals surface area contributed by atoms with Crippen LogP contribution in [0.1, 0.15) is 21.0 Å². The molecule has 0 aliphatic heterocycles. The van der Waals surface area contributed by atoms with Crippen molar-refractivity contribution in [2.24, 2.45) is 0 Å². The topological polar surface area (TPSA) is 79.5 Å². The summed E-state index contributed by atoms with van der Waals surface area (Å²) in [6.07, 6.45) is 4.30. The number of aromatic carboxylic acids is 1. The van der Waals surface area contributed by atoms with E-state index in [9.17, 15) is 9.59 Å². The quantitative estimate of drug-likeness (QED) is 0.842. The lowest BCUT2D eigenvalue weighted by atomic mass is 10.3. The molecule has 0 bridgehead atoms. The van der Waals surface area contributed by atoms with Crippen molar-refractivity contribution in [2.75, 3.05) is 5.32 Å². The number of hydrogen-bond acceptors (Lipinski definition) is 4. The van der Waals surface area contributed by atoms with Gasteiger partial charge in [0.15, 0.2) is 0 Å². The van der Waals surface area contributed by atoms with E-state index in [2.05, 4.69) is 5.32 Å². The molecule has 0 saturated heterocycles. The molecule has 0 fully saturated rings. The molecular weight excluding hydrogens is 266 g/mol. The van der Waals surface area contributed by atoms with Gasteiger partial charge < -0.3 is 14.8 Å². The molecule has 2 N–H and O–H groups in total. The van der Waals surface area contributed by atoms with Gasteiger partial charge in [-0.3, -0.25) is 4.79 Å². The van der Waals surface area contributed by atoms with Gasteiger partial charge in [-0.1, -0.05) is 0 Å². The van der Waals surface area contributed by atoms with E-state index in [1.807, 2.05) is 0 Å². The van der Waals surface area contributed by atoms with Crippen LogP contribution in [0.25, 0.3) is 6.08 Å². The number of rotatable bonds is 4. The predicted molar refractivity (Wildman–Crippen MR) is 72.4 cm³/mol. The Morgan fingerprint density at radius 2 is 2.26 bits per heavy atom. The first kappa shape index (κ1) is 13.1. The largest absolute Gasteiger partial charge is 0.478 e. The molecular formula is C13H11NO4S. The van der Waals surface area contributed by atoms with Gasteiger partial charge in [0, 0.05) is 11.0 Å². The molecule has 19 heavy (non-hydrogen) atoms. The number of carboxylic acid groups (broad SMARTS) is 1. The number of furan rings is 1. The number of aryl methyl sites for hydroxylation is 1. The van der Waals surface area contributed by atoms with Crippen LogP contribution >= 0.6 is 11.3 Å². The number of amides is 1. The lowest BCUT2D eigenvalue weighted by Gasteiger charge is -1.99. The van der Waals surface area contributed by atoms with Crippen molar-refractivity contribution in [3.63, 3.8) is 0 Å². The van der Waals surface area contributed by atoms with Gasteiger partial charge in [0.25, 0.3) is 0 Å². The Morgan fingerprint density at radius 3 is 2.89 bits per heavy atom. The second-order valence-corrected chi connectivity index (χ2v) is 5.00. The van der Waals surface area contributed by atoms with Gasteiger partial charge in [-0.15, -0.1) is 11.3 Å². The number of carbonyl (C=O) groups excluding carboxylic acids is 1. The third-order valence-corrected chi connectivity index (χ3v) is 3.23. The zero-order valence-corrected chi connectivity index (χ0v) is 10.9. The second-order valence-electron chi connectivity index (χ2n) is 3.74. The number of anilines is 1. The highest BCUT2D eigenvalue weighted by atomic mass is 32.1. The fourth-order valence-corrected chi connectivity index (χ4v) is 2.37. The monoisotopic (exact) mass is 277 g/mol. The maximum Gasteiger partial charge on any atom is 0.338 e. The van der Waals surface area contributed by atoms with Crippen LogP contribution in [0.2, 0.25) is 0 Å². The summed E-state index contributed by atoms with van der Waals surface area (Å²) in [7, 11) is 0. The van der Waals surface area contributed by atoms with E-state index in [0.29, 0.717) is 10.8 Å². The lowest BCUT2D eigenvalue weighted by molar-refractivity contribution is -0.111. The van der Waals surface area contributed by atoms with E-state index in [-0.39, 0.29) is 5.56 Å². The van der Waals surface area contributed by atoms with Crippen LogP contribution in [0.3, 0.4) is 0 Å². The van der Waals surface area contributed by atoms with Gasteiger partial charge in [0.05, 0.1) is 11.8 Å². The average molecular weight is 277 g/mol. The Bertz CT molecular complexity index is 625. The summed E-state index contributed by atoms with van der Waals surface area (Å²) in [6, 6.07) is 4.95. The average Bonchev–Trinajstić information content (AvgIpc) is 2.96. The molecule has 6 heteroatoms. The highest BCUT2D eigenvalue weighted by Gasteiger charge is 2.14. The van der Waals surface area contributed by atoms with Crippen LogP contribution in [0, 0.1) is 6.92 Å². The minimum Gasteiger partial charge on any atom is -0.478 e. The molecule has 2 aromatic rings. The van der Waals surface area contributed by atoms with Crippen LogP contribution in [0.4, 0.5) is 5.00 Å². The van der Waals surface area contributed by atoms with Crippen LogP contribution in [-0.4, -0.2) is 17.0 Å². The van der Waals surface area contributed by atoms with E-state index >= 15 is 0 Å². The number of thiophene rings is 1. The van der Waals surface area contributed by atoms with E-state index in [4.69, 9.17) is 9.52 Å². The molecule has 0 aliphatic rings. The van der Waals surface area contributed by atoms with Gasteiger partial charge in [0.2, 0.25) is 5.91 Å². The molecule has 0 aromatic carbocycles. The smallest absolute Gasteiger partial charge is 0.338 e. The molecule has 0 radical (unpaired) electrons. The van der Waals surface area contributed by atoms with Gasteiger partial charge in [-0.05, 0) is 31.2 Å². The summed E-state index contributed by atoms with van der Waals surface area (Å²) >= 11 is 1.22. The molecule has 5 nitrogen and oxygen atoms in total. The van der Waals surface area contributed by atoms with Crippen LogP contribution in [-0.2, 0) is 4.79 Å². The van der Waals surface area contributed by atoms with E-state index in [0.717, 1.165) is 4.88 Å². The first-order valence-electron chi connectivity index (χ1n) is 5.42. The molecule has 0 unspecified atom stereocenters. The predicted octanol–water partition coefficient (Wildman–Crippen LogP) is 3.00. The molecule has 0 spiro atoms. The van der Waals surface area contributed by atoms with Gasteiger partial charge in [-0.2, -0.15) is 0 Å². The molecule has 2 rings (SSSR count).